The van der Waals surface area contributed by atoms with E-state index in [1.807, 2.05) is 6.07 Å². The first kappa shape index (κ1) is 9.46. The largest absolute Gasteiger partial charge is 0.493 e. The summed E-state index contributed by atoms with van der Waals surface area (Å²) < 4.78 is 11.0. The molecule has 0 unspecified atom stereocenters. The Hall–Kier alpha value is -1.77. The molecule has 2 aliphatic rings. The highest BCUT2D eigenvalue weighted by Gasteiger charge is 2.23. The number of benzene rings is 1. The van der Waals surface area contributed by atoms with E-state index in [1.165, 1.54) is 0 Å². The lowest BCUT2D eigenvalue weighted by molar-refractivity contribution is 0.0932. The van der Waals surface area contributed by atoms with Crippen LogP contribution in [0.3, 0.4) is 0 Å². The molecule has 0 atom stereocenters. The zero-order valence-electron chi connectivity index (χ0n) is 8.91. The number of ketones is 1. The molecule has 82 valence electrons. The third-order valence-electron chi connectivity index (χ3n) is 3.01. The van der Waals surface area contributed by atoms with Gasteiger partial charge in [0.2, 0.25) is 0 Å². The Bertz CT molecular complexity index is 442. The smallest absolute Gasteiger partial charge is 0.170 e. The Morgan fingerprint density at radius 2 is 1.62 bits per heavy atom. The molecule has 0 saturated carbocycles. The summed E-state index contributed by atoms with van der Waals surface area (Å²) in [6.45, 7) is 5.11. The van der Waals surface area contributed by atoms with Gasteiger partial charge in [0.15, 0.2) is 5.78 Å². The molecule has 2 heterocycles. The Morgan fingerprint density at radius 3 is 2.44 bits per heavy atom. The van der Waals surface area contributed by atoms with Gasteiger partial charge >= 0.3 is 0 Å². The number of hydrogen-bond acceptors (Lipinski definition) is 3. The van der Waals surface area contributed by atoms with Crippen LogP contribution in [0.25, 0.3) is 5.57 Å². The molecule has 0 spiro atoms. The molecule has 0 fully saturated rings. The summed E-state index contributed by atoms with van der Waals surface area (Å²) in [6, 6.07) is 3.67. The normalized spacial score (nSPS) is 18.2. The van der Waals surface area contributed by atoms with Gasteiger partial charge in [0.1, 0.15) is 11.5 Å². The fourth-order valence-corrected chi connectivity index (χ4v) is 2.10. The molecule has 3 heteroatoms. The zero-order chi connectivity index (χ0) is 11.1. The Balaban J connectivity index is 2.17. The highest BCUT2D eigenvalue weighted by atomic mass is 16.5. The van der Waals surface area contributed by atoms with Crippen LogP contribution >= 0.6 is 0 Å². The lowest BCUT2D eigenvalue weighted by Crippen LogP contribution is -2.17. The monoisotopic (exact) mass is 216 g/mol. The van der Waals surface area contributed by atoms with E-state index in [9.17, 15) is 4.79 Å². The van der Waals surface area contributed by atoms with Gasteiger partial charge in [-0.25, -0.2) is 0 Å². The minimum Gasteiger partial charge on any atom is -0.493 e. The Morgan fingerprint density at radius 1 is 1.00 bits per heavy atom. The predicted octanol–water partition coefficient (Wildman–Crippen LogP) is 2.45. The molecule has 0 amide bonds. The first-order valence-electron chi connectivity index (χ1n) is 5.41. The number of fused-ring (bicyclic) bond motifs is 2. The van der Waals surface area contributed by atoms with Crippen molar-refractivity contribution in [2.24, 2.45) is 0 Å². The lowest BCUT2D eigenvalue weighted by Gasteiger charge is -2.23. The van der Waals surface area contributed by atoms with Gasteiger partial charge in [0, 0.05) is 18.4 Å². The fourth-order valence-electron chi connectivity index (χ4n) is 2.10. The van der Waals surface area contributed by atoms with Crippen LogP contribution < -0.4 is 9.47 Å². The topological polar surface area (TPSA) is 35.5 Å². The van der Waals surface area contributed by atoms with E-state index >= 15 is 0 Å². The lowest BCUT2D eigenvalue weighted by atomic mass is 9.96. The minimum atomic E-state index is 0.129. The molecule has 1 aromatic carbocycles. The quantitative estimate of drug-likeness (QED) is 0.668. The maximum Gasteiger partial charge on any atom is 0.170 e. The molecular weight excluding hydrogens is 204 g/mol. The number of hydrogen-bond donors (Lipinski definition) is 0. The van der Waals surface area contributed by atoms with E-state index in [1.54, 1.807) is 6.07 Å². The zero-order valence-corrected chi connectivity index (χ0v) is 8.91. The van der Waals surface area contributed by atoms with E-state index in [4.69, 9.17) is 9.47 Å². The second kappa shape index (κ2) is 3.37. The average molecular weight is 216 g/mol. The SMILES string of the molecule is C=C1CCOc2cc3c(cc21)OCCC3=O. The number of rotatable bonds is 0. The van der Waals surface area contributed by atoms with E-state index in [0.717, 1.165) is 23.3 Å². The molecule has 3 nitrogen and oxygen atoms in total. The fraction of sp³-hybridized carbons (Fsp3) is 0.308. The van der Waals surface area contributed by atoms with Gasteiger partial charge in [-0.15, -0.1) is 0 Å². The molecule has 0 saturated heterocycles. The summed E-state index contributed by atoms with van der Waals surface area (Å²) in [4.78, 5) is 11.7. The van der Waals surface area contributed by atoms with E-state index < -0.39 is 0 Å². The van der Waals surface area contributed by atoms with Crippen LogP contribution in [-0.2, 0) is 0 Å². The summed E-state index contributed by atoms with van der Waals surface area (Å²) in [5.41, 5.74) is 2.66. The van der Waals surface area contributed by atoms with Gasteiger partial charge in [0.05, 0.1) is 18.8 Å². The molecule has 3 rings (SSSR count). The third kappa shape index (κ3) is 1.32. The molecule has 0 aromatic heterocycles. The molecular formula is C13H12O3. The van der Waals surface area contributed by atoms with Gasteiger partial charge in [-0.3, -0.25) is 4.79 Å². The summed E-state index contributed by atoms with van der Waals surface area (Å²) in [5.74, 6) is 1.55. The van der Waals surface area contributed by atoms with Gasteiger partial charge < -0.3 is 9.47 Å². The highest BCUT2D eigenvalue weighted by molar-refractivity contribution is 6.00. The van der Waals surface area contributed by atoms with Gasteiger partial charge in [-0.05, 0) is 17.7 Å². The van der Waals surface area contributed by atoms with Crippen LogP contribution in [0.4, 0.5) is 0 Å². The van der Waals surface area contributed by atoms with Crippen molar-refractivity contribution >= 4 is 11.4 Å². The third-order valence-corrected chi connectivity index (χ3v) is 3.01. The van der Waals surface area contributed by atoms with Crippen molar-refractivity contribution in [2.45, 2.75) is 12.8 Å². The van der Waals surface area contributed by atoms with Crippen LogP contribution in [0.1, 0.15) is 28.8 Å². The van der Waals surface area contributed by atoms with Crippen molar-refractivity contribution in [1.29, 1.82) is 0 Å². The maximum absolute atomic E-state index is 11.7. The van der Waals surface area contributed by atoms with Crippen LogP contribution in [0, 0.1) is 0 Å². The number of carbonyl (C=O) groups is 1. The van der Waals surface area contributed by atoms with Crippen molar-refractivity contribution in [1.82, 2.24) is 0 Å². The molecule has 0 bridgehead atoms. The number of Topliss-reactive ketones (excluding diaryl/α,β-unsaturated/α-hetero) is 1. The van der Waals surface area contributed by atoms with Gasteiger partial charge in [-0.1, -0.05) is 6.58 Å². The first-order valence-corrected chi connectivity index (χ1v) is 5.41. The van der Waals surface area contributed by atoms with Gasteiger partial charge in [0.25, 0.3) is 0 Å². The molecule has 0 N–H and O–H groups in total. The van der Waals surface area contributed by atoms with E-state index in [0.29, 0.717) is 30.9 Å². The molecule has 0 radical (unpaired) electrons. The van der Waals surface area contributed by atoms with Crippen molar-refractivity contribution in [3.05, 3.63) is 29.8 Å². The van der Waals surface area contributed by atoms with Crippen molar-refractivity contribution in [3.63, 3.8) is 0 Å². The molecule has 1 aromatic rings. The summed E-state index contributed by atoms with van der Waals surface area (Å²) in [6.07, 6.45) is 1.28. The molecule has 2 aliphatic heterocycles. The van der Waals surface area contributed by atoms with Crippen molar-refractivity contribution in [3.8, 4) is 11.5 Å². The van der Waals surface area contributed by atoms with Gasteiger partial charge in [-0.2, -0.15) is 0 Å². The van der Waals surface area contributed by atoms with Crippen LogP contribution in [-0.4, -0.2) is 19.0 Å². The van der Waals surface area contributed by atoms with Crippen molar-refractivity contribution < 1.29 is 14.3 Å². The second-order valence-corrected chi connectivity index (χ2v) is 4.07. The summed E-state index contributed by atoms with van der Waals surface area (Å²) >= 11 is 0. The predicted molar refractivity (Wildman–Crippen MR) is 60.0 cm³/mol. The Labute approximate surface area is 93.7 Å². The number of ether oxygens (including phenoxy) is 2. The standard InChI is InChI=1S/C13H12O3/c1-8-2-4-15-12-7-10-11(14)3-5-16-13(10)6-9(8)12/h6-7H,1-5H2. The number of carbonyl (C=O) groups excluding carboxylic acids is 1. The first-order chi connectivity index (χ1) is 7.75. The van der Waals surface area contributed by atoms with Crippen LogP contribution in [0.2, 0.25) is 0 Å². The van der Waals surface area contributed by atoms with Crippen LogP contribution in [0.15, 0.2) is 18.7 Å². The van der Waals surface area contributed by atoms with Crippen LogP contribution in [0.5, 0.6) is 11.5 Å². The average Bonchev–Trinajstić information content (AvgIpc) is 2.29. The molecule has 16 heavy (non-hydrogen) atoms. The van der Waals surface area contributed by atoms with E-state index in [2.05, 4.69) is 6.58 Å². The summed E-state index contributed by atoms with van der Waals surface area (Å²) in [5, 5.41) is 0. The maximum atomic E-state index is 11.7. The molecule has 0 aliphatic carbocycles. The highest BCUT2D eigenvalue weighted by Crippen LogP contribution is 2.38. The minimum absolute atomic E-state index is 0.129. The Kier molecular flexibility index (Phi) is 1.99. The summed E-state index contributed by atoms with van der Waals surface area (Å²) in [7, 11) is 0. The van der Waals surface area contributed by atoms with E-state index in [-0.39, 0.29) is 5.78 Å². The van der Waals surface area contributed by atoms with Crippen molar-refractivity contribution in [2.75, 3.05) is 13.2 Å². The second-order valence-electron chi connectivity index (χ2n) is 4.07.